The lowest BCUT2D eigenvalue weighted by atomic mass is 10.1. The summed E-state index contributed by atoms with van der Waals surface area (Å²) in [5.74, 6) is 0.924. The van der Waals surface area contributed by atoms with Gasteiger partial charge in [-0.2, -0.15) is 5.10 Å². The van der Waals surface area contributed by atoms with Gasteiger partial charge in [0.1, 0.15) is 5.84 Å². The second-order valence-electron chi connectivity index (χ2n) is 3.53. The van der Waals surface area contributed by atoms with Gasteiger partial charge in [-0.15, -0.1) is 0 Å². The van der Waals surface area contributed by atoms with E-state index in [1.54, 1.807) is 0 Å². The van der Waals surface area contributed by atoms with Gasteiger partial charge in [-0.3, -0.25) is 5.43 Å². The van der Waals surface area contributed by atoms with Crippen molar-refractivity contribution >= 4 is 17.2 Å². The first-order valence-corrected chi connectivity index (χ1v) is 4.68. The molecule has 2 rings (SSSR count). The lowest BCUT2D eigenvalue weighted by molar-refractivity contribution is 0.998. The quantitative estimate of drug-likeness (QED) is 0.531. The van der Waals surface area contributed by atoms with Gasteiger partial charge < -0.3 is 0 Å². The summed E-state index contributed by atoms with van der Waals surface area (Å²) >= 11 is 0. The summed E-state index contributed by atoms with van der Waals surface area (Å²) in [7, 11) is 0. The van der Waals surface area contributed by atoms with Crippen molar-refractivity contribution in [1.82, 2.24) is 5.43 Å². The highest BCUT2D eigenvalue weighted by Gasteiger charge is 2.12. The molecule has 0 fully saturated rings. The first kappa shape index (κ1) is 8.94. The fourth-order valence-electron chi connectivity index (χ4n) is 1.38. The summed E-state index contributed by atoms with van der Waals surface area (Å²) in [6.45, 7) is 3.91. The summed E-state index contributed by atoms with van der Waals surface area (Å²) in [6, 6.07) is 8.15. The molecular formula is C11H13N3. The molecule has 72 valence electrons. The molecule has 14 heavy (non-hydrogen) atoms. The average Bonchev–Trinajstić information content (AvgIpc) is 2.57. The Hall–Kier alpha value is -1.64. The van der Waals surface area contributed by atoms with Crippen LogP contribution in [0, 0.1) is 0 Å². The molecule has 3 nitrogen and oxygen atoms in total. The first-order valence-electron chi connectivity index (χ1n) is 4.68. The Balaban J connectivity index is 2.12. The van der Waals surface area contributed by atoms with Crippen molar-refractivity contribution in [3.05, 3.63) is 29.8 Å². The second-order valence-corrected chi connectivity index (χ2v) is 3.53. The number of para-hydroxylation sites is 1. The van der Waals surface area contributed by atoms with Gasteiger partial charge in [-0.25, -0.2) is 4.99 Å². The number of rotatable bonds is 1. The van der Waals surface area contributed by atoms with E-state index in [1.807, 2.05) is 32.0 Å². The second kappa shape index (κ2) is 3.62. The molecule has 0 bridgehead atoms. The zero-order valence-electron chi connectivity index (χ0n) is 8.41. The molecule has 0 aliphatic carbocycles. The van der Waals surface area contributed by atoms with Crippen LogP contribution in [-0.4, -0.2) is 11.5 Å². The van der Waals surface area contributed by atoms with Gasteiger partial charge in [0, 0.05) is 12.1 Å². The normalized spacial score (nSPS) is 13.1. The van der Waals surface area contributed by atoms with Crippen LogP contribution in [0.1, 0.15) is 19.4 Å². The third-order valence-corrected chi connectivity index (χ3v) is 2.01. The van der Waals surface area contributed by atoms with Gasteiger partial charge in [0.2, 0.25) is 0 Å². The fraction of sp³-hybridized carbons (Fsp3) is 0.273. The van der Waals surface area contributed by atoms with Gasteiger partial charge in [-0.1, -0.05) is 18.2 Å². The van der Waals surface area contributed by atoms with Crippen molar-refractivity contribution in [2.45, 2.75) is 20.3 Å². The number of fused-ring (bicyclic) bond motifs is 1. The van der Waals surface area contributed by atoms with Crippen LogP contribution < -0.4 is 5.43 Å². The number of aliphatic imine (C=N–C) groups is 1. The highest BCUT2D eigenvalue weighted by atomic mass is 15.3. The molecule has 1 aromatic carbocycles. The average molecular weight is 187 g/mol. The molecule has 1 aromatic rings. The standard InChI is InChI=1S/C11H13N3/c1-8(2)13-14-11-7-9-5-3-4-6-10(9)12-11/h3-6H,7H2,1-2H3,(H,12,14). The minimum Gasteiger partial charge on any atom is -0.265 e. The maximum atomic E-state index is 4.42. The topological polar surface area (TPSA) is 36.8 Å². The van der Waals surface area contributed by atoms with Crippen molar-refractivity contribution in [3.8, 4) is 0 Å². The van der Waals surface area contributed by atoms with Crippen molar-refractivity contribution in [2.24, 2.45) is 10.1 Å². The van der Waals surface area contributed by atoms with Crippen LogP contribution in [0.4, 0.5) is 5.69 Å². The number of nitrogens with zero attached hydrogens (tertiary/aromatic N) is 2. The number of nitrogens with one attached hydrogen (secondary N) is 1. The van der Waals surface area contributed by atoms with E-state index in [0.29, 0.717) is 0 Å². The Morgan fingerprint density at radius 2 is 2.14 bits per heavy atom. The summed E-state index contributed by atoms with van der Waals surface area (Å²) in [5.41, 5.74) is 6.29. The molecule has 1 N–H and O–H groups in total. The molecule has 0 saturated carbocycles. The highest BCUT2D eigenvalue weighted by molar-refractivity contribution is 5.93. The zero-order valence-corrected chi connectivity index (χ0v) is 8.41. The fourth-order valence-corrected chi connectivity index (χ4v) is 1.38. The van der Waals surface area contributed by atoms with Crippen molar-refractivity contribution in [2.75, 3.05) is 0 Å². The minimum absolute atomic E-state index is 0.854. The smallest absolute Gasteiger partial charge is 0.127 e. The lowest BCUT2D eigenvalue weighted by Crippen LogP contribution is -2.18. The monoisotopic (exact) mass is 187 g/mol. The molecule has 0 unspecified atom stereocenters. The summed E-state index contributed by atoms with van der Waals surface area (Å²) in [4.78, 5) is 4.42. The Bertz CT molecular complexity index is 401. The molecule has 0 aromatic heterocycles. The summed E-state index contributed by atoms with van der Waals surface area (Å²) in [5, 5.41) is 4.13. The molecular weight excluding hydrogens is 174 g/mol. The van der Waals surface area contributed by atoms with Gasteiger partial charge in [0.05, 0.1) is 5.69 Å². The number of amidine groups is 1. The molecule has 0 radical (unpaired) electrons. The van der Waals surface area contributed by atoms with E-state index in [2.05, 4.69) is 21.6 Å². The summed E-state index contributed by atoms with van der Waals surface area (Å²) < 4.78 is 0. The van der Waals surface area contributed by atoms with Crippen molar-refractivity contribution in [3.63, 3.8) is 0 Å². The molecule has 0 amide bonds. The summed E-state index contributed by atoms with van der Waals surface area (Å²) in [6.07, 6.45) is 0.854. The van der Waals surface area contributed by atoms with Crippen LogP contribution in [0.25, 0.3) is 0 Å². The Morgan fingerprint density at radius 1 is 1.36 bits per heavy atom. The minimum atomic E-state index is 0.854. The van der Waals surface area contributed by atoms with Crippen LogP contribution in [-0.2, 0) is 6.42 Å². The van der Waals surface area contributed by atoms with Crippen LogP contribution in [0.15, 0.2) is 34.4 Å². The SMILES string of the molecule is CC(C)=NNC1=Nc2ccccc2C1. The molecule has 3 heteroatoms. The lowest BCUT2D eigenvalue weighted by Gasteiger charge is -1.98. The van der Waals surface area contributed by atoms with E-state index < -0.39 is 0 Å². The van der Waals surface area contributed by atoms with E-state index in [9.17, 15) is 0 Å². The maximum Gasteiger partial charge on any atom is 0.127 e. The van der Waals surface area contributed by atoms with Crippen molar-refractivity contribution in [1.29, 1.82) is 0 Å². The van der Waals surface area contributed by atoms with E-state index in [1.165, 1.54) is 5.56 Å². The predicted molar refractivity (Wildman–Crippen MR) is 59.2 cm³/mol. The predicted octanol–water partition coefficient (Wildman–Crippen LogP) is 2.26. The Morgan fingerprint density at radius 3 is 2.86 bits per heavy atom. The molecule has 0 saturated heterocycles. The Labute approximate surface area is 83.6 Å². The van der Waals surface area contributed by atoms with Crippen LogP contribution in [0.5, 0.6) is 0 Å². The van der Waals surface area contributed by atoms with Crippen molar-refractivity contribution < 1.29 is 0 Å². The van der Waals surface area contributed by atoms with Gasteiger partial charge in [0.25, 0.3) is 0 Å². The van der Waals surface area contributed by atoms with Gasteiger partial charge in [-0.05, 0) is 25.5 Å². The van der Waals surface area contributed by atoms with Crippen LogP contribution in [0.3, 0.4) is 0 Å². The third kappa shape index (κ3) is 1.82. The molecule has 0 spiro atoms. The molecule has 1 heterocycles. The molecule has 1 aliphatic rings. The van der Waals surface area contributed by atoms with E-state index in [0.717, 1.165) is 23.7 Å². The number of hydrazone groups is 1. The van der Waals surface area contributed by atoms with Gasteiger partial charge >= 0.3 is 0 Å². The van der Waals surface area contributed by atoms with Crippen LogP contribution in [0.2, 0.25) is 0 Å². The van der Waals surface area contributed by atoms with E-state index in [4.69, 9.17) is 0 Å². The number of benzene rings is 1. The van der Waals surface area contributed by atoms with Crippen LogP contribution >= 0.6 is 0 Å². The molecule has 1 aliphatic heterocycles. The van der Waals surface area contributed by atoms with E-state index >= 15 is 0 Å². The maximum absolute atomic E-state index is 4.42. The largest absolute Gasteiger partial charge is 0.265 e. The van der Waals surface area contributed by atoms with Gasteiger partial charge in [0.15, 0.2) is 0 Å². The molecule has 0 atom stereocenters. The highest BCUT2D eigenvalue weighted by Crippen LogP contribution is 2.24. The first-order chi connectivity index (χ1) is 6.75. The Kier molecular flexibility index (Phi) is 2.31. The zero-order chi connectivity index (χ0) is 9.97. The number of hydrogen-bond donors (Lipinski definition) is 1. The van der Waals surface area contributed by atoms with E-state index in [-0.39, 0.29) is 0 Å². The number of hydrogen-bond acceptors (Lipinski definition) is 3. The third-order valence-electron chi connectivity index (χ3n) is 2.01.